The van der Waals surface area contributed by atoms with E-state index in [-0.39, 0.29) is 24.4 Å². The molecule has 0 aliphatic rings. The summed E-state index contributed by atoms with van der Waals surface area (Å²) in [6.07, 6.45) is -0.151. The van der Waals surface area contributed by atoms with Gasteiger partial charge in [-0.1, -0.05) is 46.3 Å². The largest absolute Gasteiger partial charge is 0.489 e. The molecule has 0 saturated carbocycles. The molecule has 0 spiro atoms. The summed E-state index contributed by atoms with van der Waals surface area (Å²) in [5, 5.41) is 2.86. The van der Waals surface area contributed by atoms with E-state index in [0.29, 0.717) is 6.54 Å². The number of hydrogen-bond acceptors (Lipinski definition) is 3. The van der Waals surface area contributed by atoms with E-state index in [1.54, 1.807) is 6.92 Å². The Morgan fingerprint density at radius 2 is 1.79 bits per heavy atom. The summed E-state index contributed by atoms with van der Waals surface area (Å²) in [7, 11) is 0. The van der Waals surface area contributed by atoms with Gasteiger partial charge in [0.05, 0.1) is 6.54 Å². The first kappa shape index (κ1) is 20.5. The van der Waals surface area contributed by atoms with Gasteiger partial charge in [-0.05, 0) is 43.7 Å². The summed E-state index contributed by atoms with van der Waals surface area (Å²) >= 11 is 3.37. The predicted octanol–water partition coefficient (Wildman–Crippen LogP) is 3.63. The van der Waals surface area contributed by atoms with Crippen LogP contribution in [0.25, 0.3) is 0 Å². The molecule has 3 N–H and O–H groups in total. The van der Waals surface area contributed by atoms with Crippen molar-refractivity contribution in [1.82, 2.24) is 5.32 Å². The quantitative estimate of drug-likeness (QED) is 0.760. The fraction of sp³-hybridized carbons (Fsp3) is 0.278. The van der Waals surface area contributed by atoms with Gasteiger partial charge in [-0.3, -0.25) is 4.79 Å². The lowest BCUT2D eigenvalue weighted by Gasteiger charge is -2.25. The van der Waals surface area contributed by atoms with Crippen LogP contribution in [0.15, 0.2) is 59.1 Å². The van der Waals surface area contributed by atoms with Crippen LogP contribution in [0.5, 0.6) is 5.75 Å². The topological polar surface area (TPSA) is 64.4 Å². The molecule has 0 aliphatic heterocycles. The van der Waals surface area contributed by atoms with Crippen LogP contribution in [-0.4, -0.2) is 18.6 Å². The second-order valence-corrected chi connectivity index (χ2v) is 6.58. The van der Waals surface area contributed by atoms with Gasteiger partial charge in [0.25, 0.3) is 0 Å². The van der Waals surface area contributed by atoms with Crippen LogP contribution in [-0.2, 0) is 10.3 Å². The molecule has 6 heteroatoms. The third kappa shape index (κ3) is 5.51. The number of rotatable bonds is 6. The lowest BCUT2D eigenvalue weighted by atomic mass is 9.92. The van der Waals surface area contributed by atoms with Crippen LogP contribution >= 0.6 is 28.3 Å². The molecule has 0 fully saturated rings. The Labute approximate surface area is 157 Å². The maximum atomic E-state index is 12.4. The zero-order chi connectivity index (χ0) is 16.9. The van der Waals surface area contributed by atoms with Crippen molar-refractivity contribution in [2.45, 2.75) is 25.5 Å². The summed E-state index contributed by atoms with van der Waals surface area (Å²) in [6, 6.07) is 16.9. The van der Waals surface area contributed by atoms with E-state index >= 15 is 0 Å². The van der Waals surface area contributed by atoms with Crippen molar-refractivity contribution in [3.8, 4) is 5.75 Å². The Bertz CT molecular complexity index is 648. The SMILES string of the molecule is CC(CNC(=O)C(C)(N)c1ccc(Br)cc1)Oc1ccccc1.Cl. The molecule has 2 aromatic rings. The number of carbonyl (C=O) groups excluding carboxylic acids is 1. The third-order valence-corrected chi connectivity index (χ3v) is 4.07. The van der Waals surface area contributed by atoms with Gasteiger partial charge < -0.3 is 15.8 Å². The third-order valence-electron chi connectivity index (χ3n) is 3.55. The molecule has 0 heterocycles. The van der Waals surface area contributed by atoms with E-state index in [9.17, 15) is 4.79 Å². The summed E-state index contributed by atoms with van der Waals surface area (Å²) in [5.41, 5.74) is 5.87. The summed E-state index contributed by atoms with van der Waals surface area (Å²) in [5.74, 6) is 0.543. The molecule has 2 rings (SSSR count). The Hall–Kier alpha value is -1.56. The van der Waals surface area contributed by atoms with Gasteiger partial charge in [-0.2, -0.15) is 0 Å². The molecule has 0 radical (unpaired) electrons. The smallest absolute Gasteiger partial charge is 0.244 e. The average molecular weight is 414 g/mol. The standard InChI is InChI=1S/C18H21BrN2O2.ClH/c1-13(23-16-6-4-3-5-7-16)12-21-17(22)18(2,20)14-8-10-15(19)11-9-14;/h3-11,13H,12,20H2,1-2H3,(H,21,22);1H. The molecule has 1 amide bonds. The van der Waals surface area contributed by atoms with Crippen molar-refractivity contribution in [3.63, 3.8) is 0 Å². The highest BCUT2D eigenvalue weighted by atomic mass is 79.9. The van der Waals surface area contributed by atoms with Crippen molar-refractivity contribution in [2.24, 2.45) is 5.73 Å². The zero-order valence-electron chi connectivity index (χ0n) is 13.7. The van der Waals surface area contributed by atoms with Crippen LogP contribution in [0.3, 0.4) is 0 Å². The minimum atomic E-state index is -1.09. The number of halogens is 2. The number of nitrogens with one attached hydrogen (secondary N) is 1. The molecule has 130 valence electrons. The highest BCUT2D eigenvalue weighted by Crippen LogP contribution is 2.20. The molecular weight excluding hydrogens is 392 g/mol. The first-order valence-electron chi connectivity index (χ1n) is 7.44. The molecular formula is C18H22BrClN2O2. The van der Waals surface area contributed by atoms with Crippen molar-refractivity contribution in [2.75, 3.05) is 6.54 Å². The molecule has 0 aliphatic carbocycles. The first-order valence-corrected chi connectivity index (χ1v) is 8.24. The Kier molecular flexibility index (Phi) is 7.73. The number of hydrogen-bond donors (Lipinski definition) is 2. The van der Waals surface area contributed by atoms with Crippen LogP contribution in [0.2, 0.25) is 0 Å². The number of nitrogens with two attached hydrogens (primary N) is 1. The molecule has 0 saturated heterocycles. The van der Waals surface area contributed by atoms with Gasteiger partial charge in [-0.15, -0.1) is 12.4 Å². The second kappa shape index (κ2) is 9.06. The number of benzene rings is 2. The van der Waals surface area contributed by atoms with Crippen LogP contribution < -0.4 is 15.8 Å². The van der Waals surface area contributed by atoms with E-state index < -0.39 is 5.54 Å². The van der Waals surface area contributed by atoms with E-state index in [0.717, 1.165) is 15.8 Å². The minimum absolute atomic E-state index is 0. The number of amides is 1. The van der Waals surface area contributed by atoms with Crippen molar-refractivity contribution in [3.05, 3.63) is 64.6 Å². The maximum Gasteiger partial charge on any atom is 0.244 e. The highest BCUT2D eigenvalue weighted by molar-refractivity contribution is 9.10. The monoisotopic (exact) mass is 412 g/mol. The fourth-order valence-corrected chi connectivity index (χ4v) is 2.38. The Morgan fingerprint density at radius 3 is 2.38 bits per heavy atom. The van der Waals surface area contributed by atoms with Gasteiger partial charge in [-0.25, -0.2) is 0 Å². The van der Waals surface area contributed by atoms with Crippen LogP contribution in [0, 0.1) is 0 Å². The summed E-state index contributed by atoms with van der Waals surface area (Å²) < 4.78 is 6.68. The normalized spacial score (nSPS) is 14.0. The fourth-order valence-electron chi connectivity index (χ4n) is 2.12. The lowest BCUT2D eigenvalue weighted by Crippen LogP contribution is -2.50. The van der Waals surface area contributed by atoms with Gasteiger partial charge in [0.1, 0.15) is 17.4 Å². The van der Waals surface area contributed by atoms with Crippen LogP contribution in [0.4, 0.5) is 0 Å². The zero-order valence-corrected chi connectivity index (χ0v) is 16.1. The summed E-state index contributed by atoms with van der Waals surface area (Å²) in [4.78, 5) is 12.4. The number of ether oxygens (including phenoxy) is 1. The van der Waals surface area contributed by atoms with Crippen molar-refractivity contribution < 1.29 is 9.53 Å². The molecule has 24 heavy (non-hydrogen) atoms. The van der Waals surface area contributed by atoms with Crippen LogP contribution in [0.1, 0.15) is 19.4 Å². The lowest BCUT2D eigenvalue weighted by molar-refractivity contribution is -0.126. The van der Waals surface area contributed by atoms with Crippen molar-refractivity contribution >= 4 is 34.2 Å². The average Bonchev–Trinajstić information content (AvgIpc) is 2.54. The first-order chi connectivity index (χ1) is 10.9. The number of carbonyl (C=O) groups is 1. The molecule has 2 atom stereocenters. The molecule has 0 bridgehead atoms. The van der Waals surface area contributed by atoms with Gasteiger partial charge in [0, 0.05) is 4.47 Å². The molecule has 0 aromatic heterocycles. The van der Waals surface area contributed by atoms with Gasteiger partial charge >= 0.3 is 0 Å². The van der Waals surface area contributed by atoms with Crippen molar-refractivity contribution in [1.29, 1.82) is 0 Å². The van der Waals surface area contributed by atoms with E-state index in [4.69, 9.17) is 10.5 Å². The van der Waals surface area contributed by atoms with Gasteiger partial charge in [0.15, 0.2) is 0 Å². The number of para-hydroxylation sites is 1. The summed E-state index contributed by atoms with van der Waals surface area (Å²) in [6.45, 7) is 3.99. The maximum absolute atomic E-state index is 12.4. The van der Waals surface area contributed by atoms with E-state index in [1.807, 2.05) is 61.5 Å². The van der Waals surface area contributed by atoms with E-state index in [1.165, 1.54) is 0 Å². The Morgan fingerprint density at radius 1 is 1.21 bits per heavy atom. The predicted molar refractivity (Wildman–Crippen MR) is 102 cm³/mol. The van der Waals surface area contributed by atoms with Gasteiger partial charge in [0.2, 0.25) is 5.91 Å². The Balaban J connectivity index is 0.00000288. The second-order valence-electron chi connectivity index (χ2n) is 5.66. The molecule has 2 unspecified atom stereocenters. The molecule has 4 nitrogen and oxygen atoms in total. The minimum Gasteiger partial charge on any atom is -0.489 e. The van der Waals surface area contributed by atoms with E-state index in [2.05, 4.69) is 21.2 Å². The highest BCUT2D eigenvalue weighted by Gasteiger charge is 2.30. The molecule has 2 aromatic carbocycles.